The first kappa shape index (κ1) is 14.0. The van der Waals surface area contributed by atoms with Crippen molar-refractivity contribution in [2.75, 3.05) is 6.61 Å². The number of hydrogen-bond acceptors (Lipinski definition) is 2. The molecule has 0 aromatic heterocycles. The fourth-order valence-electron chi connectivity index (χ4n) is 2.52. The van der Waals surface area contributed by atoms with Crippen molar-refractivity contribution in [1.82, 2.24) is 0 Å². The van der Waals surface area contributed by atoms with Crippen molar-refractivity contribution < 1.29 is 19.0 Å². The molecule has 4 heteroatoms. The molecule has 0 bridgehead atoms. The summed E-state index contributed by atoms with van der Waals surface area (Å²) >= 11 is 0. The summed E-state index contributed by atoms with van der Waals surface area (Å²) in [5.74, 6) is -1.32. The summed E-state index contributed by atoms with van der Waals surface area (Å²) in [5, 5.41) is 8.73. The Morgan fingerprint density at radius 3 is 2.68 bits per heavy atom. The largest absolute Gasteiger partial charge is 0.478 e. The lowest BCUT2D eigenvalue weighted by Crippen LogP contribution is -2.13. The molecular formula is C15H19FO3. The molecular weight excluding hydrogens is 247 g/mol. The summed E-state index contributed by atoms with van der Waals surface area (Å²) in [7, 11) is 0. The molecule has 1 aromatic rings. The second-order valence-corrected chi connectivity index (χ2v) is 5.14. The van der Waals surface area contributed by atoms with Gasteiger partial charge in [-0.05, 0) is 36.5 Å². The maximum absolute atomic E-state index is 13.4. The molecule has 1 saturated carbocycles. The molecule has 1 aromatic carbocycles. The maximum Gasteiger partial charge on any atom is 0.338 e. The minimum Gasteiger partial charge on any atom is -0.478 e. The SMILES string of the molecule is O=C(O)c1ccc(COCC2CCCCC2)cc1F. The number of halogens is 1. The minimum atomic E-state index is -1.24. The molecule has 0 spiro atoms. The van der Waals surface area contributed by atoms with Gasteiger partial charge in [-0.1, -0.05) is 25.3 Å². The topological polar surface area (TPSA) is 46.5 Å². The molecule has 1 aliphatic rings. The molecule has 0 heterocycles. The summed E-state index contributed by atoms with van der Waals surface area (Å²) in [5.41, 5.74) is 0.384. The van der Waals surface area contributed by atoms with Crippen molar-refractivity contribution >= 4 is 5.97 Å². The molecule has 0 atom stereocenters. The van der Waals surface area contributed by atoms with Crippen molar-refractivity contribution in [1.29, 1.82) is 0 Å². The van der Waals surface area contributed by atoms with Crippen LogP contribution in [0.4, 0.5) is 4.39 Å². The van der Waals surface area contributed by atoms with Gasteiger partial charge in [0.25, 0.3) is 0 Å². The number of carboxylic acid groups (broad SMARTS) is 1. The van der Waals surface area contributed by atoms with E-state index < -0.39 is 11.8 Å². The first-order chi connectivity index (χ1) is 9.16. The Morgan fingerprint density at radius 1 is 1.32 bits per heavy atom. The highest BCUT2D eigenvalue weighted by atomic mass is 19.1. The molecule has 0 saturated heterocycles. The third-order valence-corrected chi connectivity index (χ3v) is 3.61. The number of carbonyl (C=O) groups is 1. The van der Waals surface area contributed by atoms with Gasteiger partial charge in [0.05, 0.1) is 12.2 Å². The van der Waals surface area contributed by atoms with Crippen LogP contribution >= 0.6 is 0 Å². The maximum atomic E-state index is 13.4. The smallest absolute Gasteiger partial charge is 0.338 e. The number of ether oxygens (including phenoxy) is 1. The van der Waals surface area contributed by atoms with E-state index in [1.165, 1.54) is 44.2 Å². The van der Waals surface area contributed by atoms with Crippen LogP contribution < -0.4 is 0 Å². The van der Waals surface area contributed by atoms with Crippen LogP contribution in [0.3, 0.4) is 0 Å². The molecule has 0 amide bonds. The van der Waals surface area contributed by atoms with Gasteiger partial charge in [0.1, 0.15) is 5.82 Å². The summed E-state index contributed by atoms with van der Waals surface area (Å²) < 4.78 is 19.0. The van der Waals surface area contributed by atoms with Crippen molar-refractivity contribution in [3.63, 3.8) is 0 Å². The molecule has 104 valence electrons. The molecule has 1 fully saturated rings. The Kier molecular flexibility index (Phi) is 4.91. The normalized spacial score (nSPS) is 16.5. The highest BCUT2D eigenvalue weighted by Gasteiger charge is 2.14. The second kappa shape index (κ2) is 6.66. The van der Waals surface area contributed by atoms with Gasteiger partial charge in [-0.15, -0.1) is 0 Å². The van der Waals surface area contributed by atoms with E-state index in [9.17, 15) is 9.18 Å². The quantitative estimate of drug-likeness (QED) is 0.885. The highest BCUT2D eigenvalue weighted by molar-refractivity contribution is 5.87. The van der Waals surface area contributed by atoms with Gasteiger partial charge in [-0.25, -0.2) is 9.18 Å². The van der Waals surface area contributed by atoms with Crippen LogP contribution in [0.1, 0.15) is 48.0 Å². The molecule has 0 unspecified atom stereocenters. The Hall–Kier alpha value is -1.42. The highest BCUT2D eigenvalue weighted by Crippen LogP contribution is 2.24. The lowest BCUT2D eigenvalue weighted by molar-refractivity contribution is 0.0688. The van der Waals surface area contributed by atoms with Gasteiger partial charge in [-0.2, -0.15) is 0 Å². The van der Waals surface area contributed by atoms with Crippen LogP contribution in [-0.4, -0.2) is 17.7 Å². The van der Waals surface area contributed by atoms with Crippen LogP contribution in [0, 0.1) is 11.7 Å². The van der Waals surface area contributed by atoms with Crippen molar-refractivity contribution in [3.8, 4) is 0 Å². The molecule has 19 heavy (non-hydrogen) atoms. The fraction of sp³-hybridized carbons (Fsp3) is 0.533. The van der Waals surface area contributed by atoms with Crippen LogP contribution in [0.25, 0.3) is 0 Å². The van der Waals surface area contributed by atoms with Crippen LogP contribution in [0.15, 0.2) is 18.2 Å². The van der Waals surface area contributed by atoms with Gasteiger partial charge in [0.15, 0.2) is 0 Å². The zero-order valence-electron chi connectivity index (χ0n) is 10.9. The van der Waals surface area contributed by atoms with E-state index in [-0.39, 0.29) is 5.56 Å². The molecule has 0 radical (unpaired) electrons. The third kappa shape index (κ3) is 4.03. The van der Waals surface area contributed by atoms with E-state index in [0.29, 0.717) is 24.7 Å². The zero-order chi connectivity index (χ0) is 13.7. The Balaban J connectivity index is 1.82. The van der Waals surface area contributed by atoms with E-state index in [1.807, 2.05) is 0 Å². The van der Waals surface area contributed by atoms with Crippen LogP contribution in [-0.2, 0) is 11.3 Å². The first-order valence-electron chi connectivity index (χ1n) is 6.76. The predicted molar refractivity (Wildman–Crippen MR) is 69.6 cm³/mol. The number of hydrogen-bond donors (Lipinski definition) is 1. The number of aromatic carboxylic acids is 1. The monoisotopic (exact) mass is 266 g/mol. The van der Waals surface area contributed by atoms with Gasteiger partial charge in [0.2, 0.25) is 0 Å². The average Bonchev–Trinajstić information content (AvgIpc) is 2.39. The molecule has 2 rings (SSSR count). The van der Waals surface area contributed by atoms with Gasteiger partial charge >= 0.3 is 5.97 Å². The molecule has 1 N–H and O–H groups in total. The lowest BCUT2D eigenvalue weighted by Gasteiger charge is -2.21. The summed E-state index contributed by atoms with van der Waals surface area (Å²) in [6.45, 7) is 1.05. The Labute approximate surface area is 112 Å². The van der Waals surface area contributed by atoms with Gasteiger partial charge in [0, 0.05) is 6.61 Å². The van der Waals surface area contributed by atoms with E-state index in [1.54, 1.807) is 6.07 Å². The van der Waals surface area contributed by atoms with Crippen molar-refractivity contribution in [2.24, 2.45) is 5.92 Å². The van der Waals surface area contributed by atoms with Crippen LogP contribution in [0.5, 0.6) is 0 Å². The standard InChI is InChI=1S/C15H19FO3/c16-14-8-12(6-7-13(14)15(17)18)10-19-9-11-4-2-1-3-5-11/h6-8,11H,1-5,9-10H2,(H,17,18). The Morgan fingerprint density at radius 2 is 2.05 bits per heavy atom. The van der Waals surface area contributed by atoms with E-state index >= 15 is 0 Å². The van der Waals surface area contributed by atoms with Gasteiger partial charge < -0.3 is 9.84 Å². The number of benzene rings is 1. The third-order valence-electron chi connectivity index (χ3n) is 3.61. The van der Waals surface area contributed by atoms with Crippen LogP contribution in [0.2, 0.25) is 0 Å². The number of carboxylic acids is 1. The van der Waals surface area contributed by atoms with Crippen molar-refractivity contribution in [2.45, 2.75) is 38.7 Å². The van der Waals surface area contributed by atoms with E-state index in [2.05, 4.69) is 0 Å². The predicted octanol–water partition coefficient (Wildman–Crippen LogP) is 3.62. The molecule has 0 aliphatic heterocycles. The number of rotatable bonds is 5. The van der Waals surface area contributed by atoms with Crippen molar-refractivity contribution in [3.05, 3.63) is 35.1 Å². The first-order valence-corrected chi connectivity index (χ1v) is 6.76. The lowest BCUT2D eigenvalue weighted by atomic mass is 9.90. The second-order valence-electron chi connectivity index (χ2n) is 5.14. The minimum absolute atomic E-state index is 0.295. The van der Waals surface area contributed by atoms with E-state index in [4.69, 9.17) is 9.84 Å². The molecule has 3 nitrogen and oxygen atoms in total. The fourth-order valence-corrected chi connectivity index (χ4v) is 2.52. The van der Waals surface area contributed by atoms with E-state index in [0.717, 1.165) is 0 Å². The summed E-state index contributed by atoms with van der Waals surface area (Å²) in [4.78, 5) is 10.7. The Bertz CT molecular complexity index is 439. The molecule has 1 aliphatic carbocycles. The van der Waals surface area contributed by atoms with Gasteiger partial charge in [-0.3, -0.25) is 0 Å². The summed E-state index contributed by atoms with van der Waals surface area (Å²) in [6, 6.07) is 4.13. The zero-order valence-corrected chi connectivity index (χ0v) is 10.9. The average molecular weight is 266 g/mol. The summed E-state index contributed by atoms with van der Waals surface area (Å²) in [6.07, 6.45) is 6.29.